The summed E-state index contributed by atoms with van der Waals surface area (Å²) < 4.78 is 28.3. The molecule has 6 nitrogen and oxygen atoms in total. The van der Waals surface area contributed by atoms with E-state index in [1.54, 1.807) is 0 Å². The van der Waals surface area contributed by atoms with Crippen molar-refractivity contribution in [1.29, 1.82) is 5.26 Å². The van der Waals surface area contributed by atoms with Gasteiger partial charge in [0, 0.05) is 12.2 Å². The fourth-order valence-corrected chi connectivity index (χ4v) is 17.4. The van der Waals surface area contributed by atoms with E-state index in [9.17, 15) is 10.1 Å². The highest BCUT2D eigenvalue weighted by molar-refractivity contribution is 6.99. The monoisotopic (exact) mass is 765 g/mol. The second kappa shape index (κ2) is 16.5. The van der Waals surface area contributed by atoms with E-state index in [1.807, 2.05) is 0 Å². The molecule has 0 amide bonds. The van der Waals surface area contributed by atoms with E-state index in [2.05, 4.69) is 140 Å². The third kappa shape index (κ3) is 7.04. The van der Waals surface area contributed by atoms with Gasteiger partial charge in [-0.05, 0) is 96.9 Å². The molecule has 2 aliphatic carbocycles. The molecule has 2 heterocycles. The molecule has 6 rings (SSSR count). The van der Waals surface area contributed by atoms with Crippen molar-refractivity contribution in [2.75, 3.05) is 6.61 Å². The number of hydrogen-bond donors (Lipinski definition) is 0. The Hall–Kier alpha value is -3.23. The Balaban J connectivity index is 1.44. The van der Waals surface area contributed by atoms with Crippen molar-refractivity contribution in [2.45, 2.75) is 135 Å². The predicted octanol–water partition coefficient (Wildman–Crippen LogP) is 10.1. The molecular formula is C46H63NO5Si2. The van der Waals surface area contributed by atoms with E-state index in [0.29, 0.717) is 25.9 Å². The summed E-state index contributed by atoms with van der Waals surface area (Å²) in [6, 6.07) is 26.9. The molecule has 6 atom stereocenters. The molecule has 4 aliphatic rings. The first-order valence-corrected chi connectivity index (χ1v) is 25.2. The van der Waals surface area contributed by atoms with Crippen LogP contribution in [0.2, 0.25) is 23.2 Å². The van der Waals surface area contributed by atoms with Crippen molar-refractivity contribution in [3.63, 3.8) is 0 Å². The molecule has 0 saturated carbocycles. The third-order valence-electron chi connectivity index (χ3n) is 13.4. The van der Waals surface area contributed by atoms with Gasteiger partial charge in [-0.25, -0.2) is 0 Å². The number of nitriles is 1. The van der Waals surface area contributed by atoms with Crippen LogP contribution < -0.4 is 10.4 Å². The van der Waals surface area contributed by atoms with E-state index in [0.717, 1.165) is 61.6 Å². The summed E-state index contributed by atoms with van der Waals surface area (Å²) in [6.07, 6.45) is 15.4. The van der Waals surface area contributed by atoms with E-state index >= 15 is 0 Å². The Bertz CT molecular complexity index is 1690. The molecule has 0 radical (unpaired) electrons. The molecule has 54 heavy (non-hydrogen) atoms. The molecule has 2 aromatic rings. The Morgan fingerprint density at radius 3 is 2.19 bits per heavy atom. The van der Waals surface area contributed by atoms with Gasteiger partial charge < -0.3 is 18.3 Å². The van der Waals surface area contributed by atoms with Gasteiger partial charge in [0.05, 0.1) is 17.7 Å². The molecule has 5 unspecified atom stereocenters. The lowest BCUT2D eigenvalue weighted by Crippen LogP contribution is -2.66. The van der Waals surface area contributed by atoms with Gasteiger partial charge in [-0.1, -0.05) is 133 Å². The first-order chi connectivity index (χ1) is 26.0. The smallest absolute Gasteiger partial charge is 0.319 e. The molecule has 5 bridgehead atoms. The number of hydrogen-bond acceptors (Lipinski definition) is 6. The molecule has 2 aromatic carbocycles. The third-order valence-corrected chi connectivity index (χ3v) is 23.0. The minimum Gasteiger partial charge on any atom is -0.546 e. The lowest BCUT2D eigenvalue weighted by molar-refractivity contribution is -0.267. The molecule has 1 spiro atoms. The number of allylic oxidation sites excluding steroid dienone is 4. The molecule has 2 saturated heterocycles. The van der Waals surface area contributed by atoms with Gasteiger partial charge in [0.25, 0.3) is 8.32 Å². The summed E-state index contributed by atoms with van der Waals surface area (Å²) in [5, 5.41) is 12.6. The Labute approximate surface area is 327 Å². The average Bonchev–Trinajstić information content (AvgIpc) is 3.36. The van der Waals surface area contributed by atoms with E-state index < -0.39 is 33.9 Å². The normalized spacial score (nSPS) is 27.9. The molecule has 0 aromatic heterocycles. The summed E-state index contributed by atoms with van der Waals surface area (Å²) >= 11 is 0. The van der Waals surface area contributed by atoms with Crippen molar-refractivity contribution in [1.82, 2.24) is 0 Å². The van der Waals surface area contributed by atoms with Crippen LogP contribution in [0.15, 0.2) is 96.3 Å². The highest BCUT2D eigenvalue weighted by Crippen LogP contribution is 2.66. The molecule has 2 aliphatic heterocycles. The number of carbonyl (C=O) groups is 1. The maximum absolute atomic E-state index is 14.7. The van der Waals surface area contributed by atoms with Gasteiger partial charge in [-0.15, -0.1) is 0 Å². The van der Waals surface area contributed by atoms with Gasteiger partial charge >= 0.3 is 5.97 Å². The summed E-state index contributed by atoms with van der Waals surface area (Å²) in [5.41, 5.74) is -0.0615. The number of rotatable bonds is 17. The van der Waals surface area contributed by atoms with E-state index in [4.69, 9.17) is 18.3 Å². The fraction of sp³-hybridized carbons (Fsp3) is 0.565. The van der Waals surface area contributed by atoms with Crippen molar-refractivity contribution in [3.05, 3.63) is 96.3 Å². The maximum atomic E-state index is 14.7. The predicted molar refractivity (Wildman–Crippen MR) is 222 cm³/mol. The first kappa shape index (κ1) is 40.4. The highest BCUT2D eigenvalue weighted by atomic mass is 28.4. The number of esters is 1. The molecule has 8 heteroatoms. The van der Waals surface area contributed by atoms with Crippen LogP contribution in [0.5, 0.6) is 0 Å². The molecule has 2 fully saturated rings. The lowest BCUT2D eigenvalue weighted by atomic mass is 9.61. The quantitative estimate of drug-likeness (QED) is 0.0691. The Morgan fingerprint density at radius 1 is 0.963 bits per heavy atom. The minimum absolute atomic E-state index is 0.0845. The van der Waals surface area contributed by atoms with Gasteiger partial charge in [0.1, 0.15) is 11.5 Å². The second-order valence-electron chi connectivity index (χ2n) is 17.1. The van der Waals surface area contributed by atoms with Crippen LogP contribution in [0, 0.1) is 34.5 Å². The summed E-state index contributed by atoms with van der Waals surface area (Å²) in [6.45, 7) is 16.1. The zero-order valence-electron chi connectivity index (χ0n) is 33.9. The van der Waals surface area contributed by atoms with Gasteiger partial charge in [0.2, 0.25) is 14.1 Å². The summed E-state index contributed by atoms with van der Waals surface area (Å²) in [4.78, 5) is 14.7. The van der Waals surface area contributed by atoms with Crippen LogP contribution in [0.25, 0.3) is 0 Å². The minimum atomic E-state index is -2.87. The molecular weight excluding hydrogens is 703 g/mol. The fourth-order valence-electron chi connectivity index (χ4n) is 10.2. The molecule has 0 N–H and O–H groups in total. The number of carbonyl (C=O) groups excluding carboxylic acids is 1. The van der Waals surface area contributed by atoms with Crippen molar-refractivity contribution in [3.8, 4) is 6.07 Å². The zero-order chi connectivity index (χ0) is 38.6. The largest absolute Gasteiger partial charge is 0.546 e. The zero-order valence-corrected chi connectivity index (χ0v) is 35.9. The SMILES string of the molecule is C/C=C/CCCCCC1C=C2C3(CCO[Si](c4ccccc4)(c4ccccc4)C(C)(C)C)CC=C(O[Si](CC)(CC)CC)C4C1C[C@H](C#N)OC24OC3=O. The Morgan fingerprint density at radius 2 is 1.61 bits per heavy atom. The lowest BCUT2D eigenvalue weighted by Gasteiger charge is -2.52. The van der Waals surface area contributed by atoms with Crippen molar-refractivity contribution < 1.29 is 23.1 Å². The van der Waals surface area contributed by atoms with Crippen LogP contribution in [-0.4, -0.2) is 41.1 Å². The van der Waals surface area contributed by atoms with Gasteiger partial charge in [-0.2, -0.15) is 5.26 Å². The van der Waals surface area contributed by atoms with Crippen LogP contribution in [0.4, 0.5) is 0 Å². The van der Waals surface area contributed by atoms with Crippen molar-refractivity contribution >= 4 is 33.0 Å². The first-order valence-electron chi connectivity index (χ1n) is 20.8. The maximum Gasteiger partial charge on any atom is 0.319 e. The van der Waals surface area contributed by atoms with E-state index in [1.165, 1.54) is 10.4 Å². The van der Waals surface area contributed by atoms with Crippen LogP contribution in [0.3, 0.4) is 0 Å². The number of nitrogens with zero attached hydrogens (tertiary/aromatic N) is 1. The number of ether oxygens (including phenoxy) is 2. The highest BCUT2D eigenvalue weighted by Gasteiger charge is 2.72. The number of unbranched alkanes of at least 4 members (excludes halogenated alkanes) is 3. The van der Waals surface area contributed by atoms with E-state index in [-0.39, 0.29) is 28.8 Å². The van der Waals surface area contributed by atoms with Crippen molar-refractivity contribution in [2.24, 2.45) is 23.2 Å². The average molecular weight is 766 g/mol. The van der Waals surface area contributed by atoms with Crippen LogP contribution >= 0.6 is 0 Å². The standard InChI is InChI=1S/C46H63NO5Si2/c1-8-12-13-14-15-18-23-35-32-41-45(30-31-49-54(44(5,6)7,37-24-19-16-20-25-37)38-26-21-17-22-27-38)29-28-40(52-53(9-2,10-3)11-4)42-39(35)33-36(34-47)50-46(41,42)51-43(45)48/h8,12,16-17,19-22,24-28,32,35-36,39,42H,9-11,13-15,18,23,29-31,33H2,1-7H3/b12-8+/t35?,36-,39?,42?,45?,46?/m1/s1. The second-order valence-corrected chi connectivity index (χ2v) is 26.1. The molecule has 290 valence electrons. The Kier molecular flexibility index (Phi) is 12.3. The van der Waals surface area contributed by atoms with Crippen LogP contribution in [0.1, 0.15) is 99.8 Å². The summed E-state index contributed by atoms with van der Waals surface area (Å²) in [5.74, 6) is -0.636. The van der Waals surface area contributed by atoms with Crippen LogP contribution in [-0.2, 0) is 23.1 Å². The van der Waals surface area contributed by atoms with Gasteiger partial charge in [0.15, 0.2) is 0 Å². The summed E-state index contributed by atoms with van der Waals surface area (Å²) in [7, 11) is -4.98. The van der Waals surface area contributed by atoms with Gasteiger partial charge in [-0.3, -0.25) is 4.79 Å². The topological polar surface area (TPSA) is 77.8 Å². The number of benzene rings is 2.